The summed E-state index contributed by atoms with van der Waals surface area (Å²) in [5.41, 5.74) is 2.04. The van der Waals surface area contributed by atoms with Crippen LogP contribution in [0.2, 0.25) is 0 Å². The molecule has 0 aromatic heterocycles. The van der Waals surface area contributed by atoms with Crippen LogP contribution in [0, 0.1) is 0 Å². The molecule has 35 heavy (non-hydrogen) atoms. The molecule has 178 valence electrons. The van der Waals surface area contributed by atoms with Gasteiger partial charge in [-0.1, -0.05) is 81.1 Å². The van der Waals surface area contributed by atoms with Gasteiger partial charge < -0.3 is 5.32 Å². The Labute approximate surface area is 209 Å². The smallest absolute Gasteiger partial charge is 0.319 e. The zero-order valence-corrected chi connectivity index (χ0v) is 21.0. The zero-order valence-electron chi connectivity index (χ0n) is 20.2. The molecular weight excluding hydrogens is 458 g/mol. The monoisotopic (exact) mass is 485 g/mol. The van der Waals surface area contributed by atoms with E-state index in [0.717, 1.165) is 31.6 Å². The summed E-state index contributed by atoms with van der Waals surface area (Å²) >= 11 is 1.59. The number of benzene rings is 3. The van der Waals surface area contributed by atoms with Crippen molar-refractivity contribution in [2.75, 3.05) is 11.4 Å². The third-order valence-corrected chi connectivity index (χ3v) is 7.71. The van der Waals surface area contributed by atoms with Gasteiger partial charge in [0, 0.05) is 9.79 Å². The third-order valence-electron chi connectivity index (χ3n) is 6.58. The SMILES string of the molecule is CC(C)(C)c1ccc(C2(C)NC(=O)N(CC(=O)N3c4ccccc4Sc4ccccc43)C2=O)cc1. The van der Waals surface area contributed by atoms with Crippen molar-refractivity contribution >= 4 is 41.0 Å². The summed E-state index contributed by atoms with van der Waals surface area (Å²) in [6.07, 6.45) is 0. The lowest BCUT2D eigenvalue weighted by molar-refractivity contribution is -0.134. The summed E-state index contributed by atoms with van der Waals surface area (Å²) in [6.45, 7) is 7.69. The first-order valence-corrected chi connectivity index (χ1v) is 12.4. The number of nitrogens with zero attached hydrogens (tertiary/aromatic N) is 2. The van der Waals surface area contributed by atoms with Crippen molar-refractivity contribution < 1.29 is 14.4 Å². The van der Waals surface area contributed by atoms with Crippen molar-refractivity contribution in [1.82, 2.24) is 10.2 Å². The van der Waals surface area contributed by atoms with Crippen molar-refractivity contribution in [3.05, 3.63) is 83.9 Å². The van der Waals surface area contributed by atoms with E-state index in [9.17, 15) is 14.4 Å². The fraction of sp³-hybridized carbons (Fsp3) is 0.250. The average Bonchev–Trinajstić information content (AvgIpc) is 3.05. The lowest BCUT2D eigenvalue weighted by Gasteiger charge is -2.32. The maximum absolute atomic E-state index is 13.6. The van der Waals surface area contributed by atoms with Gasteiger partial charge in [-0.25, -0.2) is 4.79 Å². The van der Waals surface area contributed by atoms with Crippen LogP contribution in [0.4, 0.5) is 16.2 Å². The molecule has 0 spiro atoms. The largest absolute Gasteiger partial charge is 0.325 e. The van der Waals surface area contributed by atoms with E-state index in [1.54, 1.807) is 23.6 Å². The lowest BCUT2D eigenvalue weighted by atomic mass is 9.84. The fourth-order valence-electron chi connectivity index (χ4n) is 4.52. The molecule has 1 N–H and O–H groups in total. The van der Waals surface area contributed by atoms with Crippen LogP contribution in [0.1, 0.15) is 38.8 Å². The molecule has 7 heteroatoms. The number of hydrogen-bond donors (Lipinski definition) is 1. The molecule has 2 aliphatic rings. The van der Waals surface area contributed by atoms with Gasteiger partial charge >= 0.3 is 6.03 Å². The Bertz CT molecular complexity index is 1300. The van der Waals surface area contributed by atoms with E-state index < -0.39 is 17.5 Å². The van der Waals surface area contributed by atoms with Gasteiger partial charge in [-0.3, -0.25) is 19.4 Å². The Hall–Kier alpha value is -3.58. The molecule has 3 aromatic rings. The predicted molar refractivity (Wildman–Crippen MR) is 137 cm³/mol. The van der Waals surface area contributed by atoms with Gasteiger partial charge in [0.25, 0.3) is 11.8 Å². The second-order valence-corrected chi connectivity index (χ2v) is 11.1. The van der Waals surface area contributed by atoms with Gasteiger partial charge in [-0.15, -0.1) is 0 Å². The molecule has 5 rings (SSSR count). The van der Waals surface area contributed by atoms with E-state index >= 15 is 0 Å². The highest BCUT2D eigenvalue weighted by atomic mass is 32.2. The van der Waals surface area contributed by atoms with Crippen LogP contribution in [-0.2, 0) is 20.5 Å². The van der Waals surface area contributed by atoms with Crippen molar-refractivity contribution in [2.45, 2.75) is 48.4 Å². The summed E-state index contributed by atoms with van der Waals surface area (Å²) in [5.74, 6) is -0.784. The number of amides is 4. The number of anilines is 2. The topological polar surface area (TPSA) is 69.7 Å². The number of para-hydroxylation sites is 2. The van der Waals surface area contributed by atoms with E-state index in [1.807, 2.05) is 72.8 Å². The summed E-state index contributed by atoms with van der Waals surface area (Å²) in [4.78, 5) is 44.6. The summed E-state index contributed by atoms with van der Waals surface area (Å²) in [5, 5.41) is 2.81. The Kier molecular flexibility index (Phi) is 5.48. The Morgan fingerprint density at radius 1 is 0.886 bits per heavy atom. The number of fused-ring (bicyclic) bond motifs is 2. The average molecular weight is 486 g/mol. The van der Waals surface area contributed by atoms with Crippen LogP contribution in [0.5, 0.6) is 0 Å². The number of carbonyl (C=O) groups excluding carboxylic acids is 3. The molecule has 1 fully saturated rings. The fourth-order valence-corrected chi connectivity index (χ4v) is 5.58. The van der Waals surface area contributed by atoms with Crippen molar-refractivity contribution in [2.24, 2.45) is 0 Å². The summed E-state index contributed by atoms with van der Waals surface area (Å²) in [6, 6.07) is 22.4. The number of rotatable bonds is 3. The molecule has 4 amide bonds. The van der Waals surface area contributed by atoms with E-state index in [0.29, 0.717) is 5.56 Å². The first-order valence-electron chi connectivity index (χ1n) is 11.5. The Morgan fingerprint density at radius 2 is 1.43 bits per heavy atom. The van der Waals surface area contributed by atoms with Gasteiger partial charge in [0.15, 0.2) is 0 Å². The molecule has 0 radical (unpaired) electrons. The first kappa shape index (κ1) is 23.2. The normalized spacial score (nSPS) is 19.3. The van der Waals surface area contributed by atoms with E-state index in [4.69, 9.17) is 0 Å². The molecule has 0 aliphatic carbocycles. The van der Waals surface area contributed by atoms with Crippen molar-refractivity contribution in [3.63, 3.8) is 0 Å². The van der Waals surface area contributed by atoms with Crippen LogP contribution in [0.25, 0.3) is 0 Å². The predicted octanol–water partition coefficient (Wildman–Crippen LogP) is 5.58. The molecule has 3 aromatic carbocycles. The van der Waals surface area contributed by atoms with Gasteiger partial charge in [-0.2, -0.15) is 0 Å². The minimum absolute atomic E-state index is 0.0276. The van der Waals surface area contributed by atoms with Crippen molar-refractivity contribution in [3.8, 4) is 0 Å². The number of urea groups is 1. The minimum Gasteiger partial charge on any atom is -0.319 e. The number of hydrogen-bond acceptors (Lipinski definition) is 4. The number of nitrogens with one attached hydrogen (secondary N) is 1. The van der Waals surface area contributed by atoms with Gasteiger partial charge in [-0.05, 0) is 47.7 Å². The highest BCUT2D eigenvalue weighted by Gasteiger charge is 2.50. The lowest BCUT2D eigenvalue weighted by Crippen LogP contribution is -2.44. The standard InChI is InChI=1S/C28H27N3O3S/c1-27(2,3)18-13-15-19(16-14-18)28(4)25(33)30(26(34)29-28)17-24(32)31-20-9-5-7-11-22(20)35-23-12-8-6-10-21(23)31/h5-16H,17H2,1-4H3,(H,29,34). The second-order valence-electron chi connectivity index (χ2n) is 10.0. The second kappa shape index (κ2) is 8.27. The molecule has 1 unspecified atom stereocenters. The van der Waals surface area contributed by atoms with Crippen LogP contribution >= 0.6 is 11.8 Å². The molecule has 6 nitrogen and oxygen atoms in total. The maximum Gasteiger partial charge on any atom is 0.325 e. The molecule has 1 atom stereocenters. The molecular formula is C28H27N3O3S. The van der Waals surface area contributed by atoms with E-state index in [1.165, 1.54) is 0 Å². The van der Waals surface area contributed by atoms with Crippen LogP contribution in [0.3, 0.4) is 0 Å². The molecule has 2 heterocycles. The zero-order chi connectivity index (χ0) is 25.0. The number of imide groups is 1. The van der Waals surface area contributed by atoms with Crippen molar-refractivity contribution in [1.29, 1.82) is 0 Å². The van der Waals surface area contributed by atoms with Gasteiger partial charge in [0.2, 0.25) is 0 Å². The molecule has 0 bridgehead atoms. The van der Waals surface area contributed by atoms with Gasteiger partial charge in [0.05, 0.1) is 11.4 Å². The summed E-state index contributed by atoms with van der Waals surface area (Å²) in [7, 11) is 0. The van der Waals surface area contributed by atoms with E-state index in [-0.39, 0.29) is 17.9 Å². The molecule has 2 aliphatic heterocycles. The number of carbonyl (C=O) groups is 3. The highest BCUT2D eigenvalue weighted by Crippen LogP contribution is 2.48. The van der Waals surface area contributed by atoms with E-state index in [2.05, 4.69) is 26.1 Å². The third kappa shape index (κ3) is 3.90. The van der Waals surface area contributed by atoms with Crippen LogP contribution < -0.4 is 10.2 Å². The molecule has 1 saturated heterocycles. The van der Waals surface area contributed by atoms with Gasteiger partial charge in [0.1, 0.15) is 12.1 Å². The quantitative estimate of drug-likeness (QED) is 0.492. The first-order chi connectivity index (χ1) is 16.6. The molecule has 0 saturated carbocycles. The Morgan fingerprint density at radius 3 is 1.97 bits per heavy atom. The Balaban J connectivity index is 1.43. The minimum atomic E-state index is -1.23. The summed E-state index contributed by atoms with van der Waals surface area (Å²) < 4.78 is 0. The maximum atomic E-state index is 13.6. The highest BCUT2D eigenvalue weighted by molar-refractivity contribution is 7.99. The van der Waals surface area contributed by atoms with Crippen LogP contribution in [-0.4, -0.2) is 29.3 Å². The van der Waals surface area contributed by atoms with Crippen LogP contribution in [0.15, 0.2) is 82.6 Å².